The highest BCUT2D eigenvalue weighted by molar-refractivity contribution is 7.90. The van der Waals surface area contributed by atoms with Gasteiger partial charge in [-0.05, 0) is 36.8 Å². The van der Waals surface area contributed by atoms with E-state index in [0.29, 0.717) is 23.3 Å². The molecule has 2 N–H and O–H groups in total. The summed E-state index contributed by atoms with van der Waals surface area (Å²) in [5, 5.41) is 10.3. The smallest absolute Gasteiger partial charge is 0.246 e. The van der Waals surface area contributed by atoms with Crippen LogP contribution in [0, 0.1) is 0 Å². The molecule has 1 aromatic heterocycles. The summed E-state index contributed by atoms with van der Waals surface area (Å²) in [5.41, 5.74) is 1.69. The summed E-state index contributed by atoms with van der Waals surface area (Å²) in [4.78, 5) is 36.5. The number of amides is 3. The first-order valence-electron chi connectivity index (χ1n) is 9.61. The van der Waals surface area contributed by atoms with E-state index in [1.807, 2.05) is 24.3 Å². The predicted octanol–water partition coefficient (Wildman–Crippen LogP) is 1.60. The van der Waals surface area contributed by atoms with Crippen molar-refractivity contribution in [2.24, 2.45) is 0 Å². The molecule has 2 heterocycles. The van der Waals surface area contributed by atoms with Gasteiger partial charge in [-0.25, -0.2) is 8.42 Å². The number of rotatable bonds is 5. The Balaban J connectivity index is 1.56. The lowest BCUT2D eigenvalue weighted by Crippen LogP contribution is -2.39. The van der Waals surface area contributed by atoms with E-state index in [2.05, 4.69) is 15.7 Å². The monoisotopic (exact) mass is 440 g/mol. The number of hydrogen-bond acceptors (Lipinski definition) is 6. The third kappa shape index (κ3) is 4.33. The molecule has 1 atom stereocenters. The zero-order valence-electron chi connectivity index (χ0n) is 16.7. The van der Waals surface area contributed by atoms with E-state index in [1.165, 1.54) is 28.9 Å². The molecule has 2 aromatic carbocycles. The van der Waals surface area contributed by atoms with Crippen LogP contribution in [0.15, 0.2) is 53.4 Å². The number of benzene rings is 2. The summed E-state index contributed by atoms with van der Waals surface area (Å²) in [5.74, 6) is -1.60. The summed E-state index contributed by atoms with van der Waals surface area (Å²) in [7, 11) is -3.32. The third-order valence-electron chi connectivity index (χ3n) is 5.12. The first-order valence-corrected chi connectivity index (χ1v) is 11.5. The quantitative estimate of drug-likeness (QED) is 0.580. The largest absolute Gasteiger partial charge is 0.324 e. The fourth-order valence-corrected chi connectivity index (χ4v) is 4.24. The summed E-state index contributed by atoms with van der Waals surface area (Å²) < 4.78 is 24.6. The number of piperidine rings is 1. The van der Waals surface area contributed by atoms with E-state index in [9.17, 15) is 22.8 Å². The molecule has 0 spiro atoms. The Hall–Kier alpha value is -3.53. The van der Waals surface area contributed by atoms with Crippen LogP contribution in [-0.2, 0) is 30.8 Å². The van der Waals surface area contributed by atoms with Crippen LogP contribution < -0.4 is 10.6 Å². The first-order chi connectivity index (χ1) is 14.7. The Morgan fingerprint density at radius 3 is 2.55 bits per heavy atom. The Morgan fingerprint density at radius 1 is 1.16 bits per heavy atom. The number of sulfone groups is 1. The van der Waals surface area contributed by atoms with Crippen LogP contribution >= 0.6 is 0 Å². The summed E-state index contributed by atoms with van der Waals surface area (Å²) in [6.07, 6.45) is 1.72. The average Bonchev–Trinajstić information content (AvgIpc) is 3.06. The van der Waals surface area contributed by atoms with Crippen molar-refractivity contribution in [3.8, 4) is 0 Å². The molecule has 3 aromatic rings. The van der Waals surface area contributed by atoms with Gasteiger partial charge >= 0.3 is 0 Å². The summed E-state index contributed by atoms with van der Waals surface area (Å²) in [6, 6.07) is 13.2. The zero-order valence-corrected chi connectivity index (χ0v) is 17.5. The van der Waals surface area contributed by atoms with Crippen LogP contribution in [0.1, 0.15) is 24.5 Å². The molecular weight excluding hydrogens is 420 g/mol. The minimum absolute atomic E-state index is 0.0956. The number of carbonyl (C=O) groups excluding carboxylic acids is 3. The van der Waals surface area contributed by atoms with Crippen molar-refractivity contribution in [1.82, 2.24) is 15.1 Å². The van der Waals surface area contributed by atoms with Crippen molar-refractivity contribution in [1.29, 1.82) is 0 Å². The molecule has 0 radical (unpaired) electrons. The lowest BCUT2D eigenvalue weighted by Gasteiger charge is -2.19. The molecule has 0 saturated carbocycles. The van der Waals surface area contributed by atoms with Crippen molar-refractivity contribution >= 4 is 44.1 Å². The topological polar surface area (TPSA) is 127 Å². The van der Waals surface area contributed by atoms with Crippen LogP contribution in [0.2, 0.25) is 0 Å². The van der Waals surface area contributed by atoms with Crippen LogP contribution in [0.4, 0.5) is 5.69 Å². The summed E-state index contributed by atoms with van der Waals surface area (Å²) >= 11 is 0. The molecular formula is C21H20N4O5S. The Morgan fingerprint density at radius 2 is 1.87 bits per heavy atom. The number of nitrogens with zero attached hydrogens (tertiary/aromatic N) is 2. The molecule has 9 nitrogen and oxygen atoms in total. The van der Waals surface area contributed by atoms with Gasteiger partial charge in [-0.15, -0.1) is 0 Å². The molecule has 0 aliphatic carbocycles. The number of hydrogen-bond donors (Lipinski definition) is 2. The molecule has 4 rings (SSSR count). The van der Waals surface area contributed by atoms with Crippen molar-refractivity contribution in [2.45, 2.75) is 30.2 Å². The molecule has 31 heavy (non-hydrogen) atoms. The van der Waals surface area contributed by atoms with E-state index in [4.69, 9.17) is 0 Å². The number of fused-ring (bicyclic) bond motifs is 1. The molecule has 1 aliphatic heterocycles. The highest BCUT2D eigenvalue weighted by Crippen LogP contribution is 2.30. The Kier molecular flexibility index (Phi) is 5.32. The standard InChI is InChI=1S/C21H20N4O5S/c1-31(29,30)14-8-6-13(7-9-14)22-19(27)12-25-17-5-3-2-4-15(17)20(24-25)16-10-11-18(26)23-21(16)28/h2-9,16H,10-12H2,1H3,(H,22,27)(H,23,26,28). The van der Waals surface area contributed by atoms with E-state index >= 15 is 0 Å². The van der Waals surface area contributed by atoms with Crippen molar-refractivity contribution < 1.29 is 22.8 Å². The second-order valence-electron chi connectivity index (χ2n) is 7.41. The van der Waals surface area contributed by atoms with Crippen LogP contribution in [0.25, 0.3) is 10.9 Å². The lowest BCUT2D eigenvalue weighted by molar-refractivity contribution is -0.134. The van der Waals surface area contributed by atoms with E-state index in [0.717, 1.165) is 11.6 Å². The predicted molar refractivity (Wildman–Crippen MR) is 113 cm³/mol. The third-order valence-corrected chi connectivity index (χ3v) is 6.24. The molecule has 1 saturated heterocycles. The van der Waals surface area contributed by atoms with Crippen LogP contribution in [0.5, 0.6) is 0 Å². The molecule has 3 amide bonds. The number of anilines is 1. The second-order valence-corrected chi connectivity index (χ2v) is 9.42. The number of nitrogens with one attached hydrogen (secondary N) is 2. The highest BCUT2D eigenvalue weighted by Gasteiger charge is 2.31. The number of imide groups is 1. The van der Waals surface area contributed by atoms with E-state index in [1.54, 1.807) is 0 Å². The Labute approximate surface area is 178 Å². The first kappa shape index (κ1) is 20.7. The maximum atomic E-state index is 12.6. The average molecular weight is 440 g/mol. The fraction of sp³-hybridized carbons (Fsp3) is 0.238. The minimum Gasteiger partial charge on any atom is -0.324 e. The normalized spacial score (nSPS) is 16.9. The maximum absolute atomic E-state index is 12.6. The highest BCUT2D eigenvalue weighted by atomic mass is 32.2. The molecule has 160 valence electrons. The van der Waals surface area contributed by atoms with Gasteiger partial charge < -0.3 is 5.32 Å². The van der Waals surface area contributed by atoms with E-state index < -0.39 is 15.8 Å². The van der Waals surface area contributed by atoms with Gasteiger partial charge in [-0.3, -0.25) is 24.4 Å². The summed E-state index contributed by atoms with van der Waals surface area (Å²) in [6.45, 7) is -0.0956. The number of aromatic nitrogens is 2. The zero-order chi connectivity index (χ0) is 22.2. The Bertz CT molecular complexity index is 1300. The minimum atomic E-state index is -3.32. The van der Waals surface area contributed by atoms with Gasteiger partial charge in [-0.2, -0.15) is 5.10 Å². The molecule has 1 unspecified atom stereocenters. The van der Waals surface area contributed by atoms with Crippen molar-refractivity contribution in [3.63, 3.8) is 0 Å². The van der Waals surface area contributed by atoms with Crippen molar-refractivity contribution in [2.75, 3.05) is 11.6 Å². The molecule has 0 bridgehead atoms. The van der Waals surface area contributed by atoms with Crippen molar-refractivity contribution in [3.05, 3.63) is 54.2 Å². The number of carbonyl (C=O) groups is 3. The van der Waals surface area contributed by atoms with Gasteiger partial charge in [0.05, 0.1) is 22.0 Å². The fourth-order valence-electron chi connectivity index (χ4n) is 3.61. The molecule has 1 fully saturated rings. The lowest BCUT2D eigenvalue weighted by atomic mass is 9.93. The van der Waals surface area contributed by atoms with Gasteiger partial charge in [0, 0.05) is 23.8 Å². The van der Waals surface area contributed by atoms with Crippen LogP contribution in [-0.4, -0.2) is 42.2 Å². The molecule has 1 aliphatic rings. The number of para-hydroxylation sites is 1. The van der Waals surface area contributed by atoms with Gasteiger partial charge in [0.2, 0.25) is 17.7 Å². The SMILES string of the molecule is CS(=O)(=O)c1ccc(NC(=O)Cn2nc(C3CCC(=O)NC3=O)c3ccccc32)cc1. The van der Waals surface area contributed by atoms with Crippen LogP contribution in [0.3, 0.4) is 0 Å². The van der Waals surface area contributed by atoms with Gasteiger partial charge in [0.1, 0.15) is 6.54 Å². The van der Waals surface area contributed by atoms with Gasteiger partial charge in [0.25, 0.3) is 0 Å². The second kappa shape index (κ2) is 7.95. The molecule has 10 heteroatoms. The van der Waals surface area contributed by atoms with Gasteiger partial charge in [-0.1, -0.05) is 18.2 Å². The maximum Gasteiger partial charge on any atom is 0.246 e. The van der Waals surface area contributed by atoms with E-state index in [-0.39, 0.29) is 35.6 Å². The van der Waals surface area contributed by atoms with Gasteiger partial charge in [0.15, 0.2) is 9.84 Å².